The Morgan fingerprint density at radius 2 is 1.85 bits per heavy atom. The predicted molar refractivity (Wildman–Crippen MR) is 153 cm³/mol. The van der Waals surface area contributed by atoms with Gasteiger partial charge in [0, 0.05) is 47.9 Å². The number of pyridine rings is 2. The SMILES string of the molecule is CC(=O)c1nn(CC(=O)N2[C@H](C(=O)Nc3[nH]c(Br)cc(=O)c3C)C[C@@]3(C)C[C@@H]23)c2cnc(-c3cnc(C)nc3)cc12. The highest BCUT2D eigenvalue weighted by Gasteiger charge is 2.64. The number of hydrogen-bond acceptors (Lipinski definition) is 8. The highest BCUT2D eigenvalue weighted by molar-refractivity contribution is 9.10. The fourth-order valence-corrected chi connectivity index (χ4v) is 6.04. The van der Waals surface area contributed by atoms with Gasteiger partial charge in [-0.15, -0.1) is 0 Å². The van der Waals surface area contributed by atoms with Crippen LogP contribution in [0.1, 0.15) is 48.6 Å². The summed E-state index contributed by atoms with van der Waals surface area (Å²) < 4.78 is 1.91. The Kier molecular flexibility index (Phi) is 6.36. The second-order valence-electron chi connectivity index (χ2n) is 11.0. The Hall–Kier alpha value is -4.26. The van der Waals surface area contributed by atoms with Gasteiger partial charge in [-0.3, -0.25) is 28.8 Å². The molecule has 12 nitrogen and oxygen atoms in total. The van der Waals surface area contributed by atoms with Crippen LogP contribution in [-0.4, -0.2) is 64.3 Å². The van der Waals surface area contributed by atoms with Crippen molar-refractivity contribution in [2.45, 2.75) is 59.2 Å². The van der Waals surface area contributed by atoms with Crippen LogP contribution in [0.3, 0.4) is 0 Å². The molecular formula is C28H27BrN8O4. The van der Waals surface area contributed by atoms with Crippen molar-refractivity contribution in [1.82, 2.24) is 34.6 Å². The molecule has 2 aliphatic rings. The minimum absolute atomic E-state index is 0.0752. The van der Waals surface area contributed by atoms with Crippen LogP contribution in [0.25, 0.3) is 22.2 Å². The summed E-state index contributed by atoms with van der Waals surface area (Å²) in [6.07, 6.45) is 6.22. The number of Topliss-reactive ketones (excluding diaryl/α,β-unsaturated/α-hetero) is 1. The van der Waals surface area contributed by atoms with Crippen molar-refractivity contribution in [1.29, 1.82) is 0 Å². The average molecular weight is 619 g/mol. The Balaban J connectivity index is 1.29. The zero-order valence-electron chi connectivity index (χ0n) is 22.9. The number of amides is 2. The zero-order valence-corrected chi connectivity index (χ0v) is 24.4. The van der Waals surface area contributed by atoms with Gasteiger partial charge in [-0.25, -0.2) is 9.97 Å². The lowest BCUT2D eigenvalue weighted by atomic mass is 10.0. The molecule has 13 heteroatoms. The number of hydrogen-bond donors (Lipinski definition) is 2. The minimum atomic E-state index is -0.714. The van der Waals surface area contributed by atoms with Crippen LogP contribution in [0.15, 0.2) is 40.1 Å². The molecule has 4 aromatic rings. The molecule has 5 heterocycles. The second-order valence-corrected chi connectivity index (χ2v) is 11.9. The molecule has 1 aliphatic carbocycles. The summed E-state index contributed by atoms with van der Waals surface area (Å²) in [6.45, 7) is 6.73. The molecule has 2 amide bonds. The van der Waals surface area contributed by atoms with Crippen LogP contribution in [0.2, 0.25) is 0 Å². The Labute approximate surface area is 242 Å². The van der Waals surface area contributed by atoms with E-state index < -0.39 is 6.04 Å². The minimum Gasteiger partial charge on any atom is -0.336 e. The summed E-state index contributed by atoms with van der Waals surface area (Å²) in [7, 11) is 0. The molecule has 0 spiro atoms. The summed E-state index contributed by atoms with van der Waals surface area (Å²) in [5.41, 5.74) is 2.03. The van der Waals surface area contributed by atoms with Crippen LogP contribution in [-0.2, 0) is 16.1 Å². The Morgan fingerprint density at radius 1 is 1.12 bits per heavy atom. The maximum Gasteiger partial charge on any atom is 0.248 e. The fourth-order valence-electron chi connectivity index (χ4n) is 5.63. The van der Waals surface area contributed by atoms with Crippen molar-refractivity contribution in [3.63, 3.8) is 0 Å². The molecule has 0 radical (unpaired) electrons. The zero-order chi connectivity index (χ0) is 29.2. The highest BCUT2D eigenvalue weighted by Crippen LogP contribution is 2.59. The smallest absolute Gasteiger partial charge is 0.248 e. The number of halogens is 1. The van der Waals surface area contributed by atoms with Gasteiger partial charge in [0.2, 0.25) is 11.8 Å². The molecule has 0 unspecified atom stereocenters. The molecule has 41 heavy (non-hydrogen) atoms. The van der Waals surface area contributed by atoms with Crippen molar-refractivity contribution >= 4 is 50.2 Å². The van der Waals surface area contributed by atoms with Crippen molar-refractivity contribution in [2.24, 2.45) is 5.41 Å². The van der Waals surface area contributed by atoms with E-state index in [1.165, 1.54) is 17.7 Å². The highest BCUT2D eigenvalue weighted by atomic mass is 79.9. The van der Waals surface area contributed by atoms with E-state index >= 15 is 0 Å². The number of anilines is 1. The van der Waals surface area contributed by atoms with Crippen LogP contribution in [0, 0.1) is 19.3 Å². The van der Waals surface area contributed by atoms with Crippen molar-refractivity contribution in [2.75, 3.05) is 5.32 Å². The Bertz CT molecular complexity index is 1810. The maximum atomic E-state index is 13.8. The van der Waals surface area contributed by atoms with Gasteiger partial charge in [0.05, 0.1) is 22.0 Å². The number of aromatic nitrogens is 6. The summed E-state index contributed by atoms with van der Waals surface area (Å²) in [6, 6.07) is 2.35. The lowest BCUT2D eigenvalue weighted by Gasteiger charge is -2.27. The molecule has 6 rings (SSSR count). The number of ketones is 1. The molecule has 1 aliphatic heterocycles. The lowest BCUT2D eigenvalue weighted by molar-refractivity contribution is -0.138. The van der Waals surface area contributed by atoms with E-state index in [1.54, 1.807) is 43.4 Å². The molecule has 2 N–H and O–H groups in total. The molecule has 3 atom stereocenters. The van der Waals surface area contributed by atoms with Gasteiger partial charge in [-0.1, -0.05) is 6.92 Å². The van der Waals surface area contributed by atoms with Gasteiger partial charge in [0.25, 0.3) is 0 Å². The molecule has 1 saturated heterocycles. The first kappa shape index (κ1) is 26.9. The summed E-state index contributed by atoms with van der Waals surface area (Å²) in [5, 5.41) is 7.85. The molecule has 0 bridgehead atoms. The number of aromatic amines is 1. The van der Waals surface area contributed by atoms with E-state index in [-0.39, 0.29) is 52.5 Å². The van der Waals surface area contributed by atoms with Gasteiger partial charge in [0.15, 0.2) is 11.2 Å². The summed E-state index contributed by atoms with van der Waals surface area (Å²) in [4.78, 5) is 69.5. The van der Waals surface area contributed by atoms with Crippen molar-refractivity contribution in [3.8, 4) is 11.3 Å². The molecule has 4 aromatic heterocycles. The number of nitrogens with zero attached hydrogens (tertiary/aromatic N) is 6. The van der Waals surface area contributed by atoms with Gasteiger partial charge >= 0.3 is 0 Å². The number of carbonyl (C=O) groups excluding carboxylic acids is 3. The number of carbonyl (C=O) groups is 3. The molecule has 0 aromatic carbocycles. The predicted octanol–water partition coefficient (Wildman–Crippen LogP) is 3.18. The van der Waals surface area contributed by atoms with Crippen molar-refractivity contribution in [3.05, 3.63) is 62.6 Å². The first-order valence-electron chi connectivity index (χ1n) is 13.1. The monoisotopic (exact) mass is 618 g/mol. The van der Waals surface area contributed by atoms with Crippen molar-refractivity contribution < 1.29 is 14.4 Å². The average Bonchev–Trinajstić information content (AvgIpc) is 3.29. The third kappa shape index (κ3) is 4.73. The van der Waals surface area contributed by atoms with Gasteiger partial charge < -0.3 is 15.2 Å². The first-order chi connectivity index (χ1) is 19.4. The molecule has 1 saturated carbocycles. The van der Waals surface area contributed by atoms with Crippen LogP contribution < -0.4 is 10.7 Å². The van der Waals surface area contributed by atoms with E-state index in [0.29, 0.717) is 44.6 Å². The number of aryl methyl sites for hydroxylation is 1. The number of likely N-dealkylation sites (tertiary alicyclic amines) is 1. The van der Waals surface area contributed by atoms with E-state index in [1.807, 2.05) is 0 Å². The van der Waals surface area contributed by atoms with Gasteiger partial charge in [0.1, 0.15) is 29.9 Å². The number of nitrogens with one attached hydrogen (secondary N) is 2. The maximum absolute atomic E-state index is 13.8. The molecular weight excluding hydrogens is 592 g/mol. The van der Waals surface area contributed by atoms with Crippen LogP contribution in [0.4, 0.5) is 5.82 Å². The molecule has 2 fully saturated rings. The van der Waals surface area contributed by atoms with Crippen LogP contribution in [0.5, 0.6) is 0 Å². The number of fused-ring (bicyclic) bond motifs is 2. The van der Waals surface area contributed by atoms with E-state index in [2.05, 4.69) is 53.2 Å². The van der Waals surface area contributed by atoms with E-state index in [9.17, 15) is 19.2 Å². The Morgan fingerprint density at radius 3 is 2.56 bits per heavy atom. The quantitative estimate of drug-likeness (QED) is 0.246. The molecule has 210 valence electrons. The normalized spacial score (nSPS) is 21.1. The number of piperidine rings is 1. The number of H-pyrrole nitrogens is 1. The second kappa shape index (κ2) is 9.68. The third-order valence-corrected chi connectivity index (χ3v) is 8.48. The van der Waals surface area contributed by atoms with E-state index in [4.69, 9.17) is 0 Å². The van der Waals surface area contributed by atoms with Gasteiger partial charge in [-0.05, 0) is 54.1 Å². The number of rotatable bonds is 6. The standard InChI is InChI=1S/C28H27BrN8O4/c1-13-21(39)6-23(29)33-26(13)34-27(41)19-7-28(4)8-22(28)37(19)24(40)12-36-20-11-32-18(16-9-30-15(3)31-10-16)5-17(20)25(35-36)14(2)38/h5-6,9-11,19,22H,7-8,12H2,1-4H3,(H2,33,34,39,41)/t19-,22+,28-/m0/s1. The van der Waals surface area contributed by atoms with Gasteiger partial charge in [-0.2, -0.15) is 5.10 Å². The fraction of sp³-hybridized carbons (Fsp3) is 0.357. The third-order valence-electron chi connectivity index (χ3n) is 8.05. The van der Waals surface area contributed by atoms with Crippen LogP contribution >= 0.6 is 15.9 Å². The lowest BCUT2D eigenvalue weighted by Crippen LogP contribution is -2.47. The summed E-state index contributed by atoms with van der Waals surface area (Å²) >= 11 is 3.25. The van der Waals surface area contributed by atoms with E-state index in [0.717, 1.165) is 6.42 Å². The first-order valence-corrected chi connectivity index (χ1v) is 13.9. The largest absolute Gasteiger partial charge is 0.336 e. The topological polar surface area (TPSA) is 156 Å². The summed E-state index contributed by atoms with van der Waals surface area (Å²) in [5.74, 6) is 0.0188.